The first-order valence-electron chi connectivity index (χ1n) is 6.92. The van der Waals surface area contributed by atoms with Gasteiger partial charge in [0.2, 0.25) is 0 Å². The van der Waals surface area contributed by atoms with Crippen molar-refractivity contribution in [1.82, 2.24) is 15.1 Å². The molecule has 1 unspecified atom stereocenters. The van der Waals surface area contributed by atoms with E-state index in [9.17, 15) is 4.79 Å². The molecule has 1 heterocycles. The number of hydrogen-bond acceptors (Lipinski definition) is 3. The summed E-state index contributed by atoms with van der Waals surface area (Å²) < 4.78 is 1.64. The lowest BCUT2D eigenvalue weighted by molar-refractivity contribution is -0.137. The van der Waals surface area contributed by atoms with E-state index in [-0.39, 0.29) is 12.0 Å². The Morgan fingerprint density at radius 3 is 3.00 bits per heavy atom. The smallest absolute Gasteiger partial charge is 0.325 e. The van der Waals surface area contributed by atoms with Gasteiger partial charge < -0.3 is 10.4 Å². The molecule has 0 bridgehead atoms. The molecule has 0 saturated carbocycles. The summed E-state index contributed by atoms with van der Waals surface area (Å²) in [7, 11) is 0. The van der Waals surface area contributed by atoms with E-state index >= 15 is 0 Å². The number of carboxylic acids is 1. The Morgan fingerprint density at radius 2 is 2.37 bits per heavy atom. The quantitative estimate of drug-likeness (QED) is 0.854. The van der Waals surface area contributed by atoms with Crippen LogP contribution >= 0.6 is 0 Å². The fourth-order valence-corrected chi connectivity index (χ4v) is 2.86. The monoisotopic (exact) mass is 265 g/mol. The summed E-state index contributed by atoms with van der Waals surface area (Å²) in [5.74, 6) is -0.840. The van der Waals surface area contributed by atoms with Crippen LogP contribution < -0.4 is 5.32 Å². The van der Waals surface area contributed by atoms with Crippen molar-refractivity contribution in [2.45, 2.75) is 52.6 Å². The first-order valence-corrected chi connectivity index (χ1v) is 6.92. The van der Waals surface area contributed by atoms with Gasteiger partial charge in [-0.2, -0.15) is 5.10 Å². The van der Waals surface area contributed by atoms with Gasteiger partial charge in [-0.1, -0.05) is 20.8 Å². The lowest BCUT2D eigenvalue weighted by atomic mass is 9.74. The van der Waals surface area contributed by atoms with Crippen molar-refractivity contribution < 1.29 is 9.90 Å². The zero-order valence-corrected chi connectivity index (χ0v) is 11.9. The van der Waals surface area contributed by atoms with Gasteiger partial charge in [-0.25, -0.2) is 0 Å². The highest BCUT2D eigenvalue weighted by molar-refractivity contribution is 5.66. The van der Waals surface area contributed by atoms with Gasteiger partial charge >= 0.3 is 5.97 Å². The molecule has 0 aromatic carbocycles. The van der Waals surface area contributed by atoms with Crippen LogP contribution in [0, 0.1) is 5.41 Å². The van der Waals surface area contributed by atoms with E-state index in [0.29, 0.717) is 6.04 Å². The first-order chi connectivity index (χ1) is 8.93. The second-order valence-corrected chi connectivity index (χ2v) is 6.15. The Balaban J connectivity index is 2.28. The van der Waals surface area contributed by atoms with Gasteiger partial charge in [0.15, 0.2) is 0 Å². The average Bonchev–Trinajstić information content (AvgIpc) is 2.67. The topological polar surface area (TPSA) is 67.2 Å². The largest absolute Gasteiger partial charge is 0.480 e. The maximum atomic E-state index is 10.9. The molecule has 2 rings (SSSR count). The molecule has 0 fully saturated rings. The molecule has 1 aliphatic carbocycles. The number of nitrogens with one attached hydrogen (secondary N) is 1. The summed E-state index contributed by atoms with van der Waals surface area (Å²) in [6, 6.07) is 0.293. The molecule has 1 aromatic heterocycles. The SMILES string of the molecule is CCCNC1CC(C)(C)Cc2c1cnn2CC(=O)O. The molecule has 5 nitrogen and oxygen atoms in total. The Kier molecular flexibility index (Phi) is 3.94. The molecule has 1 aromatic rings. The highest BCUT2D eigenvalue weighted by atomic mass is 16.4. The third-order valence-electron chi connectivity index (χ3n) is 3.68. The van der Waals surface area contributed by atoms with Crippen molar-refractivity contribution in [2.75, 3.05) is 6.54 Å². The highest BCUT2D eigenvalue weighted by Crippen LogP contribution is 2.40. The van der Waals surface area contributed by atoms with Crippen LogP contribution in [0.15, 0.2) is 6.20 Å². The minimum Gasteiger partial charge on any atom is -0.480 e. The van der Waals surface area contributed by atoms with Crippen LogP contribution in [-0.4, -0.2) is 27.4 Å². The van der Waals surface area contributed by atoms with E-state index in [1.807, 2.05) is 6.20 Å². The average molecular weight is 265 g/mol. The number of carboxylic acid groups (broad SMARTS) is 1. The van der Waals surface area contributed by atoms with Gasteiger partial charge in [-0.05, 0) is 31.2 Å². The van der Waals surface area contributed by atoms with Crippen LogP contribution in [0.1, 0.15) is 50.9 Å². The normalized spacial score (nSPS) is 21.1. The second kappa shape index (κ2) is 5.33. The summed E-state index contributed by atoms with van der Waals surface area (Å²) in [6.45, 7) is 7.54. The van der Waals surface area contributed by atoms with E-state index in [1.165, 1.54) is 5.56 Å². The number of aliphatic carboxylic acids is 1. The molecule has 0 aliphatic heterocycles. The van der Waals surface area contributed by atoms with Crippen molar-refractivity contribution in [3.63, 3.8) is 0 Å². The summed E-state index contributed by atoms with van der Waals surface area (Å²) in [5, 5.41) is 16.8. The maximum Gasteiger partial charge on any atom is 0.325 e. The van der Waals surface area contributed by atoms with Crippen molar-refractivity contribution >= 4 is 5.97 Å². The molecule has 1 aliphatic rings. The predicted octanol–water partition coefficient (Wildman–Crippen LogP) is 1.98. The Morgan fingerprint density at radius 1 is 1.63 bits per heavy atom. The molecule has 5 heteroatoms. The minimum atomic E-state index is -0.840. The van der Waals surface area contributed by atoms with Crippen LogP contribution in [0.25, 0.3) is 0 Å². The molecule has 19 heavy (non-hydrogen) atoms. The first kappa shape index (κ1) is 14.1. The third kappa shape index (κ3) is 3.15. The van der Waals surface area contributed by atoms with Crippen molar-refractivity contribution in [1.29, 1.82) is 0 Å². The van der Waals surface area contributed by atoms with Gasteiger partial charge in [0.05, 0.1) is 6.20 Å². The zero-order chi connectivity index (χ0) is 14.0. The van der Waals surface area contributed by atoms with E-state index in [1.54, 1.807) is 4.68 Å². The maximum absolute atomic E-state index is 10.9. The van der Waals surface area contributed by atoms with Gasteiger partial charge in [0.25, 0.3) is 0 Å². The van der Waals surface area contributed by atoms with Crippen LogP contribution in [-0.2, 0) is 17.8 Å². The van der Waals surface area contributed by atoms with Crippen LogP contribution in [0.3, 0.4) is 0 Å². The van der Waals surface area contributed by atoms with E-state index in [4.69, 9.17) is 5.11 Å². The molecule has 0 radical (unpaired) electrons. The number of rotatable bonds is 5. The molecule has 0 saturated heterocycles. The molecule has 0 spiro atoms. The van der Waals surface area contributed by atoms with Crippen molar-refractivity contribution in [3.8, 4) is 0 Å². The van der Waals surface area contributed by atoms with Crippen LogP contribution in [0.5, 0.6) is 0 Å². The summed E-state index contributed by atoms with van der Waals surface area (Å²) in [6.07, 6.45) is 4.88. The third-order valence-corrected chi connectivity index (χ3v) is 3.68. The molecular formula is C14H23N3O2. The minimum absolute atomic E-state index is 0.0497. The number of fused-ring (bicyclic) bond motifs is 1. The molecule has 0 amide bonds. The summed E-state index contributed by atoms with van der Waals surface area (Å²) in [4.78, 5) is 10.9. The number of aromatic nitrogens is 2. The number of hydrogen-bond donors (Lipinski definition) is 2. The predicted molar refractivity (Wildman–Crippen MR) is 73.0 cm³/mol. The van der Waals surface area contributed by atoms with E-state index < -0.39 is 5.97 Å². The summed E-state index contributed by atoms with van der Waals surface area (Å²) >= 11 is 0. The van der Waals surface area contributed by atoms with Crippen molar-refractivity contribution in [3.05, 3.63) is 17.5 Å². The van der Waals surface area contributed by atoms with Crippen LogP contribution in [0.2, 0.25) is 0 Å². The zero-order valence-electron chi connectivity index (χ0n) is 11.9. The van der Waals surface area contributed by atoms with Gasteiger partial charge in [0, 0.05) is 17.3 Å². The Hall–Kier alpha value is -1.36. The van der Waals surface area contributed by atoms with Gasteiger partial charge in [-0.3, -0.25) is 9.48 Å². The second-order valence-electron chi connectivity index (χ2n) is 6.15. The fraction of sp³-hybridized carbons (Fsp3) is 0.714. The fourth-order valence-electron chi connectivity index (χ4n) is 2.86. The standard InChI is InChI=1S/C14H23N3O2/c1-4-5-15-11-6-14(2,3)7-12-10(11)8-16-17(12)9-13(18)19/h8,11,15H,4-7,9H2,1-3H3,(H,18,19). The highest BCUT2D eigenvalue weighted by Gasteiger charge is 2.34. The molecule has 1 atom stereocenters. The van der Waals surface area contributed by atoms with Gasteiger partial charge in [-0.15, -0.1) is 0 Å². The number of nitrogens with zero attached hydrogens (tertiary/aromatic N) is 2. The number of carbonyl (C=O) groups is 1. The molecule has 106 valence electrons. The lowest BCUT2D eigenvalue weighted by Gasteiger charge is -2.36. The van der Waals surface area contributed by atoms with Crippen LogP contribution in [0.4, 0.5) is 0 Å². The van der Waals surface area contributed by atoms with E-state index in [0.717, 1.165) is 31.5 Å². The summed E-state index contributed by atoms with van der Waals surface area (Å²) in [5.41, 5.74) is 2.43. The van der Waals surface area contributed by atoms with E-state index in [2.05, 4.69) is 31.2 Å². The Bertz CT molecular complexity index is 465. The lowest BCUT2D eigenvalue weighted by Crippen LogP contribution is -2.34. The van der Waals surface area contributed by atoms with Crippen molar-refractivity contribution in [2.24, 2.45) is 5.41 Å². The van der Waals surface area contributed by atoms with Gasteiger partial charge in [0.1, 0.15) is 6.54 Å². The molecular weight excluding hydrogens is 242 g/mol. The Labute approximate surface area is 114 Å². The molecule has 2 N–H and O–H groups in total.